The van der Waals surface area contributed by atoms with Crippen LogP contribution in [0.4, 0.5) is 0 Å². The second-order valence-corrected chi connectivity index (χ2v) is 12.0. The first-order valence-electron chi connectivity index (χ1n) is 11.8. The van der Waals surface area contributed by atoms with Crippen LogP contribution in [0.25, 0.3) is 10.8 Å². The first-order valence-corrected chi connectivity index (χ1v) is 14.7. The standard InChI is InChI=1S/C29H25BrN2O3S2/c30-23-10-5-20(6-11-23)18-35-27-14-9-21-3-1-2-4-25(21)26(27)17-31-32-28(33)19-34-24-12-7-22(8-13-24)29-36-15-16-37-29/h1-14,17,29H,15-16,18-19H2,(H,32,33)/b31-17-. The maximum Gasteiger partial charge on any atom is 0.277 e. The lowest BCUT2D eigenvalue weighted by atomic mass is 10.0. The predicted molar refractivity (Wildman–Crippen MR) is 158 cm³/mol. The fourth-order valence-corrected chi connectivity index (χ4v) is 7.02. The van der Waals surface area contributed by atoms with Crippen LogP contribution in [0.3, 0.4) is 0 Å². The van der Waals surface area contributed by atoms with E-state index < -0.39 is 0 Å². The van der Waals surface area contributed by atoms with E-state index in [0.29, 0.717) is 22.7 Å². The number of hydrogen-bond donors (Lipinski definition) is 1. The zero-order chi connectivity index (χ0) is 25.5. The Kier molecular flexibility index (Phi) is 8.71. The highest BCUT2D eigenvalue weighted by atomic mass is 79.9. The summed E-state index contributed by atoms with van der Waals surface area (Å²) in [7, 11) is 0. The third-order valence-electron chi connectivity index (χ3n) is 5.77. The molecule has 1 N–H and O–H groups in total. The third kappa shape index (κ3) is 6.89. The van der Waals surface area contributed by atoms with Gasteiger partial charge in [0.05, 0.1) is 10.8 Å². The van der Waals surface area contributed by atoms with Crippen molar-refractivity contribution >= 4 is 62.3 Å². The van der Waals surface area contributed by atoms with Gasteiger partial charge in [0.2, 0.25) is 0 Å². The van der Waals surface area contributed by atoms with Gasteiger partial charge in [0.15, 0.2) is 6.61 Å². The van der Waals surface area contributed by atoms with Crippen molar-refractivity contribution in [3.8, 4) is 11.5 Å². The second-order valence-electron chi connectivity index (χ2n) is 8.34. The lowest BCUT2D eigenvalue weighted by Crippen LogP contribution is -2.24. The summed E-state index contributed by atoms with van der Waals surface area (Å²) in [6.45, 7) is 0.301. The molecular formula is C29H25BrN2O3S2. The number of thioether (sulfide) groups is 2. The van der Waals surface area contributed by atoms with E-state index in [0.717, 1.165) is 26.4 Å². The van der Waals surface area contributed by atoms with Crippen molar-refractivity contribution in [2.75, 3.05) is 18.1 Å². The monoisotopic (exact) mass is 592 g/mol. The molecule has 37 heavy (non-hydrogen) atoms. The van der Waals surface area contributed by atoms with Crippen molar-refractivity contribution in [2.24, 2.45) is 5.10 Å². The Balaban J connectivity index is 1.21. The van der Waals surface area contributed by atoms with Gasteiger partial charge in [0.25, 0.3) is 5.91 Å². The van der Waals surface area contributed by atoms with Gasteiger partial charge in [0, 0.05) is 21.5 Å². The number of hydrazone groups is 1. The molecule has 1 saturated heterocycles. The number of fused-ring (bicyclic) bond motifs is 1. The fourth-order valence-electron chi connectivity index (χ4n) is 3.90. The lowest BCUT2D eigenvalue weighted by Gasteiger charge is -2.12. The summed E-state index contributed by atoms with van der Waals surface area (Å²) < 4.78 is 13.3. The topological polar surface area (TPSA) is 59.9 Å². The van der Waals surface area contributed by atoms with Crippen LogP contribution in [0.15, 0.2) is 94.5 Å². The average molecular weight is 594 g/mol. The molecule has 8 heteroatoms. The minimum atomic E-state index is -0.334. The van der Waals surface area contributed by atoms with Crippen LogP contribution in [-0.4, -0.2) is 30.2 Å². The van der Waals surface area contributed by atoms with Gasteiger partial charge >= 0.3 is 0 Å². The van der Waals surface area contributed by atoms with Crippen LogP contribution in [-0.2, 0) is 11.4 Å². The molecule has 1 aliphatic rings. The second kappa shape index (κ2) is 12.5. The Labute approximate surface area is 233 Å². The van der Waals surface area contributed by atoms with E-state index in [1.54, 1.807) is 6.21 Å². The summed E-state index contributed by atoms with van der Waals surface area (Å²) in [6, 6.07) is 27.9. The molecule has 1 heterocycles. The van der Waals surface area contributed by atoms with Crippen molar-refractivity contribution in [3.05, 3.63) is 106 Å². The molecule has 5 rings (SSSR count). The predicted octanol–water partition coefficient (Wildman–Crippen LogP) is 7.19. The van der Waals surface area contributed by atoms with Crippen LogP contribution in [0.2, 0.25) is 0 Å². The molecule has 1 aliphatic heterocycles. The van der Waals surface area contributed by atoms with E-state index in [9.17, 15) is 4.79 Å². The number of nitrogens with one attached hydrogen (secondary N) is 1. The van der Waals surface area contributed by atoms with E-state index in [1.165, 1.54) is 17.1 Å². The van der Waals surface area contributed by atoms with Gasteiger partial charge in [-0.1, -0.05) is 70.5 Å². The summed E-state index contributed by atoms with van der Waals surface area (Å²) >= 11 is 7.38. The molecule has 4 aromatic rings. The largest absolute Gasteiger partial charge is 0.488 e. The van der Waals surface area contributed by atoms with Gasteiger partial charge in [-0.15, -0.1) is 23.5 Å². The summed E-state index contributed by atoms with van der Waals surface area (Å²) in [6.07, 6.45) is 1.63. The number of nitrogens with zero attached hydrogens (tertiary/aromatic N) is 1. The lowest BCUT2D eigenvalue weighted by molar-refractivity contribution is -0.123. The van der Waals surface area contributed by atoms with Crippen LogP contribution in [0.1, 0.15) is 21.3 Å². The SMILES string of the molecule is O=C(COc1ccc(C2SCCS2)cc1)N/N=C\c1c(OCc2ccc(Br)cc2)ccc2ccccc12. The fraction of sp³-hybridized carbons (Fsp3) is 0.172. The Morgan fingerprint density at radius 3 is 2.49 bits per heavy atom. The summed E-state index contributed by atoms with van der Waals surface area (Å²) in [5.41, 5.74) is 5.70. The van der Waals surface area contributed by atoms with Gasteiger partial charge in [-0.3, -0.25) is 4.79 Å². The van der Waals surface area contributed by atoms with Crippen LogP contribution in [0.5, 0.6) is 11.5 Å². The van der Waals surface area contributed by atoms with Crippen molar-refractivity contribution in [3.63, 3.8) is 0 Å². The molecule has 1 fully saturated rings. The number of ether oxygens (including phenoxy) is 2. The molecule has 0 unspecified atom stereocenters. The quantitative estimate of drug-likeness (QED) is 0.165. The molecule has 0 bridgehead atoms. The normalized spacial score (nSPS) is 13.8. The number of carbonyl (C=O) groups is 1. The number of halogens is 1. The van der Waals surface area contributed by atoms with Gasteiger partial charge in [-0.2, -0.15) is 5.10 Å². The van der Waals surface area contributed by atoms with E-state index in [1.807, 2.05) is 96.3 Å². The molecule has 1 amide bonds. The van der Waals surface area contributed by atoms with Crippen molar-refractivity contribution in [1.82, 2.24) is 5.43 Å². The first-order chi connectivity index (χ1) is 18.2. The molecule has 0 atom stereocenters. The Morgan fingerprint density at radius 1 is 0.946 bits per heavy atom. The average Bonchev–Trinajstić information content (AvgIpc) is 3.48. The Morgan fingerprint density at radius 2 is 1.70 bits per heavy atom. The van der Waals surface area contributed by atoms with Gasteiger partial charge in [0.1, 0.15) is 18.1 Å². The van der Waals surface area contributed by atoms with Gasteiger partial charge in [-0.05, 0) is 52.2 Å². The molecule has 0 aromatic heterocycles. The minimum absolute atomic E-state index is 0.119. The zero-order valence-corrected chi connectivity index (χ0v) is 23.2. The highest BCUT2D eigenvalue weighted by Gasteiger charge is 2.18. The van der Waals surface area contributed by atoms with Crippen LogP contribution >= 0.6 is 39.5 Å². The van der Waals surface area contributed by atoms with Gasteiger partial charge < -0.3 is 9.47 Å². The Bertz CT molecular complexity index is 1390. The minimum Gasteiger partial charge on any atom is -0.488 e. The molecule has 0 spiro atoms. The maximum atomic E-state index is 12.4. The highest BCUT2D eigenvalue weighted by Crippen LogP contribution is 2.45. The number of rotatable bonds is 9. The zero-order valence-electron chi connectivity index (χ0n) is 19.9. The number of carbonyl (C=O) groups excluding carboxylic acids is 1. The van der Waals surface area contributed by atoms with E-state index in [4.69, 9.17) is 9.47 Å². The molecule has 4 aromatic carbocycles. The van der Waals surface area contributed by atoms with Crippen molar-refractivity contribution < 1.29 is 14.3 Å². The molecule has 188 valence electrons. The number of benzene rings is 4. The molecule has 0 saturated carbocycles. The van der Waals surface area contributed by atoms with Crippen molar-refractivity contribution in [1.29, 1.82) is 0 Å². The summed E-state index contributed by atoms with van der Waals surface area (Å²) in [4.78, 5) is 12.4. The number of amides is 1. The summed E-state index contributed by atoms with van der Waals surface area (Å²) in [5.74, 6) is 3.39. The molecule has 0 radical (unpaired) electrons. The van der Waals surface area contributed by atoms with E-state index in [-0.39, 0.29) is 12.5 Å². The van der Waals surface area contributed by atoms with Crippen LogP contribution < -0.4 is 14.9 Å². The third-order valence-corrected chi connectivity index (χ3v) is 9.40. The Hall–Kier alpha value is -2.94. The van der Waals surface area contributed by atoms with E-state index in [2.05, 4.69) is 38.6 Å². The molecular weight excluding hydrogens is 568 g/mol. The van der Waals surface area contributed by atoms with Crippen molar-refractivity contribution in [2.45, 2.75) is 11.2 Å². The molecule has 0 aliphatic carbocycles. The maximum absolute atomic E-state index is 12.4. The number of hydrogen-bond acceptors (Lipinski definition) is 6. The smallest absolute Gasteiger partial charge is 0.277 e. The molecule has 5 nitrogen and oxygen atoms in total. The highest BCUT2D eigenvalue weighted by molar-refractivity contribution is 9.10. The van der Waals surface area contributed by atoms with Crippen LogP contribution in [0, 0.1) is 0 Å². The summed E-state index contributed by atoms with van der Waals surface area (Å²) in [5, 5.41) is 6.25. The first kappa shape index (κ1) is 25.7. The van der Waals surface area contributed by atoms with Gasteiger partial charge in [-0.25, -0.2) is 5.43 Å². The van der Waals surface area contributed by atoms with E-state index >= 15 is 0 Å².